The summed E-state index contributed by atoms with van der Waals surface area (Å²) >= 11 is 0. The normalized spacial score (nSPS) is 28.6. The zero-order valence-corrected chi connectivity index (χ0v) is 12.5. The van der Waals surface area contributed by atoms with Crippen molar-refractivity contribution < 1.29 is 9.84 Å². The van der Waals surface area contributed by atoms with Crippen LogP contribution in [0.25, 0.3) is 0 Å². The van der Waals surface area contributed by atoms with Crippen LogP contribution >= 0.6 is 0 Å². The second-order valence-electron chi connectivity index (χ2n) is 6.57. The number of benzene rings is 1. The Hall–Kier alpha value is -1.26. The zero-order chi connectivity index (χ0) is 14.3. The van der Waals surface area contributed by atoms with E-state index >= 15 is 0 Å². The fourth-order valence-corrected chi connectivity index (χ4v) is 3.83. The zero-order valence-electron chi connectivity index (χ0n) is 12.5. The number of fused-ring (bicyclic) bond motifs is 1. The van der Waals surface area contributed by atoms with E-state index in [9.17, 15) is 5.11 Å². The Bertz CT molecular complexity index is 501. The molecule has 20 heavy (non-hydrogen) atoms. The second kappa shape index (κ2) is 4.93. The topological polar surface area (TPSA) is 44.7 Å². The molecule has 0 bridgehead atoms. The molecule has 0 saturated carbocycles. The Kier molecular flexibility index (Phi) is 3.38. The number of nitrogens with zero attached hydrogens (tertiary/aromatic N) is 1. The molecule has 2 fully saturated rings. The van der Waals surface area contributed by atoms with Gasteiger partial charge in [0.05, 0.1) is 7.11 Å². The van der Waals surface area contributed by atoms with E-state index in [4.69, 9.17) is 4.74 Å². The van der Waals surface area contributed by atoms with Crippen LogP contribution in [0.2, 0.25) is 0 Å². The summed E-state index contributed by atoms with van der Waals surface area (Å²) in [6, 6.07) is 5.71. The van der Waals surface area contributed by atoms with Gasteiger partial charge in [-0.25, -0.2) is 0 Å². The van der Waals surface area contributed by atoms with E-state index < -0.39 is 0 Å². The molecule has 2 unspecified atom stereocenters. The van der Waals surface area contributed by atoms with Gasteiger partial charge in [-0.1, -0.05) is 6.07 Å². The molecule has 2 heterocycles. The average molecular weight is 276 g/mol. The quantitative estimate of drug-likeness (QED) is 0.884. The van der Waals surface area contributed by atoms with Crippen molar-refractivity contribution in [3.63, 3.8) is 0 Å². The minimum Gasteiger partial charge on any atom is -0.504 e. The number of aromatic hydroxyl groups is 1. The first-order chi connectivity index (χ1) is 9.52. The van der Waals surface area contributed by atoms with Crippen molar-refractivity contribution in [3.8, 4) is 11.5 Å². The van der Waals surface area contributed by atoms with Crippen molar-refractivity contribution in [1.29, 1.82) is 0 Å². The summed E-state index contributed by atoms with van der Waals surface area (Å²) < 4.78 is 5.10. The highest BCUT2D eigenvalue weighted by molar-refractivity contribution is 5.41. The molecule has 1 aromatic rings. The smallest absolute Gasteiger partial charge is 0.160 e. The lowest BCUT2D eigenvalue weighted by Gasteiger charge is -2.35. The predicted molar refractivity (Wildman–Crippen MR) is 79.0 cm³/mol. The molecule has 2 N–H and O–H groups in total. The van der Waals surface area contributed by atoms with Crippen LogP contribution in [-0.2, 0) is 6.54 Å². The lowest BCUT2D eigenvalue weighted by Crippen LogP contribution is -2.43. The third kappa shape index (κ3) is 2.17. The molecule has 2 aliphatic heterocycles. The monoisotopic (exact) mass is 276 g/mol. The third-order valence-electron chi connectivity index (χ3n) is 5.13. The summed E-state index contributed by atoms with van der Waals surface area (Å²) in [5.74, 6) is 2.26. The number of rotatable bonds is 3. The van der Waals surface area contributed by atoms with Gasteiger partial charge < -0.3 is 15.2 Å². The fourth-order valence-electron chi connectivity index (χ4n) is 3.83. The van der Waals surface area contributed by atoms with Crippen molar-refractivity contribution in [1.82, 2.24) is 10.2 Å². The average Bonchev–Trinajstić information content (AvgIpc) is 2.94. The number of nitrogens with one attached hydrogen (secondary N) is 1. The predicted octanol–water partition coefficient (Wildman–Crippen LogP) is 1.83. The first-order valence-electron chi connectivity index (χ1n) is 7.34. The number of ether oxygens (including phenoxy) is 1. The van der Waals surface area contributed by atoms with Crippen molar-refractivity contribution in [2.75, 3.05) is 26.7 Å². The van der Waals surface area contributed by atoms with Crippen molar-refractivity contribution in [2.24, 2.45) is 11.8 Å². The Morgan fingerprint density at radius 3 is 2.85 bits per heavy atom. The Balaban J connectivity index is 1.76. The van der Waals surface area contributed by atoms with E-state index in [-0.39, 0.29) is 11.3 Å². The molecule has 0 amide bonds. The van der Waals surface area contributed by atoms with Crippen LogP contribution in [0.1, 0.15) is 19.4 Å². The van der Waals surface area contributed by atoms with E-state index in [0.29, 0.717) is 5.75 Å². The summed E-state index contributed by atoms with van der Waals surface area (Å²) in [7, 11) is 1.58. The number of phenols is 1. The molecule has 4 nitrogen and oxygen atoms in total. The van der Waals surface area contributed by atoms with Crippen LogP contribution < -0.4 is 10.1 Å². The Morgan fingerprint density at radius 2 is 2.20 bits per heavy atom. The van der Waals surface area contributed by atoms with E-state index in [2.05, 4.69) is 24.1 Å². The van der Waals surface area contributed by atoms with Crippen LogP contribution in [0.3, 0.4) is 0 Å². The fraction of sp³-hybridized carbons (Fsp3) is 0.625. The summed E-state index contributed by atoms with van der Waals surface area (Å²) in [5, 5.41) is 13.4. The molecule has 2 aliphatic rings. The maximum Gasteiger partial charge on any atom is 0.160 e. The molecule has 4 heteroatoms. The molecule has 3 rings (SSSR count). The molecule has 2 saturated heterocycles. The number of hydrogen-bond donors (Lipinski definition) is 2. The number of phenolic OH excluding ortho intramolecular Hbond substituents is 1. The second-order valence-corrected chi connectivity index (χ2v) is 6.57. The maximum absolute atomic E-state index is 9.90. The first kappa shape index (κ1) is 13.7. The van der Waals surface area contributed by atoms with Gasteiger partial charge in [0.15, 0.2) is 11.5 Å². The Labute approximate surface area is 120 Å². The number of hydrogen-bond acceptors (Lipinski definition) is 4. The molecular weight excluding hydrogens is 252 g/mol. The number of likely N-dealkylation sites (tertiary alicyclic amines) is 1. The first-order valence-corrected chi connectivity index (χ1v) is 7.34. The van der Waals surface area contributed by atoms with Crippen molar-refractivity contribution in [2.45, 2.75) is 25.9 Å². The standard InChI is InChI=1S/C16H24N2O2/c1-16(2)13-8-17-7-12(13)10-18(16)9-11-4-5-15(20-3)14(19)6-11/h4-6,12-13,17,19H,7-10H2,1-3H3. The molecule has 0 aromatic heterocycles. The highest BCUT2D eigenvalue weighted by Gasteiger charge is 2.49. The lowest BCUT2D eigenvalue weighted by atomic mass is 9.85. The SMILES string of the molecule is COc1ccc(CN2CC3CNCC3C2(C)C)cc1O. The molecule has 0 radical (unpaired) electrons. The van der Waals surface area contributed by atoms with Gasteiger partial charge in [-0.3, -0.25) is 4.90 Å². The van der Waals surface area contributed by atoms with Crippen LogP contribution in [-0.4, -0.2) is 42.3 Å². The molecule has 110 valence electrons. The maximum atomic E-state index is 9.90. The van der Waals surface area contributed by atoms with E-state index in [1.165, 1.54) is 0 Å². The van der Waals surface area contributed by atoms with Crippen LogP contribution in [0, 0.1) is 11.8 Å². The minimum atomic E-state index is 0.212. The van der Waals surface area contributed by atoms with E-state index in [1.807, 2.05) is 18.2 Å². The van der Waals surface area contributed by atoms with Crippen LogP contribution in [0.15, 0.2) is 18.2 Å². The van der Waals surface area contributed by atoms with Gasteiger partial charge in [-0.2, -0.15) is 0 Å². The number of methoxy groups -OCH3 is 1. The van der Waals surface area contributed by atoms with Gasteiger partial charge in [0.25, 0.3) is 0 Å². The van der Waals surface area contributed by atoms with Crippen molar-refractivity contribution >= 4 is 0 Å². The molecule has 2 atom stereocenters. The van der Waals surface area contributed by atoms with Crippen molar-refractivity contribution in [3.05, 3.63) is 23.8 Å². The van der Waals surface area contributed by atoms with Gasteiger partial charge in [-0.05, 0) is 49.9 Å². The van der Waals surface area contributed by atoms with Gasteiger partial charge in [0.1, 0.15) is 0 Å². The molecular formula is C16H24N2O2. The highest BCUT2D eigenvalue weighted by Crippen LogP contribution is 2.41. The Morgan fingerprint density at radius 1 is 1.40 bits per heavy atom. The van der Waals surface area contributed by atoms with Crippen LogP contribution in [0.4, 0.5) is 0 Å². The van der Waals surface area contributed by atoms with Gasteiger partial charge >= 0.3 is 0 Å². The highest BCUT2D eigenvalue weighted by atomic mass is 16.5. The summed E-state index contributed by atoms with van der Waals surface area (Å²) in [5.41, 5.74) is 1.35. The molecule has 1 aromatic carbocycles. The molecule has 0 spiro atoms. The third-order valence-corrected chi connectivity index (χ3v) is 5.13. The van der Waals surface area contributed by atoms with Gasteiger partial charge in [-0.15, -0.1) is 0 Å². The molecule has 0 aliphatic carbocycles. The lowest BCUT2D eigenvalue weighted by molar-refractivity contribution is 0.132. The summed E-state index contributed by atoms with van der Waals surface area (Å²) in [6.07, 6.45) is 0. The van der Waals surface area contributed by atoms with E-state index in [0.717, 1.165) is 43.6 Å². The van der Waals surface area contributed by atoms with E-state index in [1.54, 1.807) is 7.11 Å². The summed E-state index contributed by atoms with van der Waals surface area (Å²) in [4.78, 5) is 2.55. The largest absolute Gasteiger partial charge is 0.504 e. The van der Waals surface area contributed by atoms with Gasteiger partial charge in [0, 0.05) is 25.2 Å². The van der Waals surface area contributed by atoms with Gasteiger partial charge in [0.2, 0.25) is 0 Å². The summed E-state index contributed by atoms with van der Waals surface area (Å²) in [6.45, 7) is 8.97. The minimum absolute atomic E-state index is 0.212. The van der Waals surface area contributed by atoms with Crippen LogP contribution in [0.5, 0.6) is 11.5 Å².